The molecule has 1 saturated carbocycles. The molecule has 2 fully saturated rings. The minimum atomic E-state index is -4.43. The number of alkyl halides is 3. The van der Waals surface area contributed by atoms with Gasteiger partial charge in [0, 0.05) is 23.0 Å². The molecule has 1 saturated heterocycles. The highest BCUT2D eigenvalue weighted by molar-refractivity contribution is 8.00. The second-order valence-electron chi connectivity index (χ2n) is 7.69. The van der Waals surface area contributed by atoms with E-state index in [0.29, 0.717) is 23.9 Å². The number of urea groups is 1. The lowest BCUT2D eigenvalue weighted by Gasteiger charge is -2.22. The number of carbonyl (C=O) groups is 2. The summed E-state index contributed by atoms with van der Waals surface area (Å²) >= 11 is -0.270. The average Bonchev–Trinajstić information content (AvgIpc) is 3.51. The molecule has 0 radical (unpaired) electrons. The molecule has 1 aromatic heterocycles. The molecule has 1 spiro atoms. The molecule has 0 atom stereocenters. The molecule has 1 aliphatic heterocycles. The van der Waals surface area contributed by atoms with Gasteiger partial charge in [-0.2, -0.15) is 13.2 Å². The highest BCUT2D eigenvalue weighted by Gasteiger charge is 2.65. The van der Waals surface area contributed by atoms with Gasteiger partial charge in [-0.15, -0.1) is 0 Å². The molecule has 2 aromatic carbocycles. The largest absolute Gasteiger partial charge is 0.446 e. The van der Waals surface area contributed by atoms with Crippen LogP contribution >= 0.6 is 11.8 Å². The number of thioether (sulfide) groups is 1. The quantitative estimate of drug-likeness (QED) is 0.293. The van der Waals surface area contributed by atoms with Crippen LogP contribution in [0, 0.1) is 5.82 Å². The molecule has 5 rings (SSSR count). The van der Waals surface area contributed by atoms with Crippen molar-refractivity contribution in [3.63, 3.8) is 0 Å². The lowest BCUT2D eigenvalue weighted by molar-refractivity contribution is -0.120. The van der Waals surface area contributed by atoms with E-state index in [-0.39, 0.29) is 34.3 Å². The van der Waals surface area contributed by atoms with Crippen LogP contribution in [0.5, 0.6) is 0 Å². The fraction of sp³-hybridized carbons (Fsp3) is 0.227. The van der Waals surface area contributed by atoms with E-state index in [1.54, 1.807) is 18.2 Å². The molecule has 0 N–H and O–H groups in total. The first-order valence-corrected chi connectivity index (χ1v) is 10.6. The predicted molar refractivity (Wildman–Crippen MR) is 110 cm³/mol. The van der Waals surface area contributed by atoms with Crippen LogP contribution in [0.25, 0.3) is 10.9 Å². The molecule has 164 valence electrons. The number of nitrogens with zero attached hydrogens (tertiary/aromatic N) is 3. The lowest BCUT2D eigenvalue weighted by atomic mass is 10.1. The van der Waals surface area contributed by atoms with E-state index in [1.807, 2.05) is 0 Å². The zero-order valence-electron chi connectivity index (χ0n) is 16.4. The molecule has 2 aliphatic rings. The first kappa shape index (κ1) is 20.7. The maximum atomic E-state index is 14.5. The highest BCUT2D eigenvalue weighted by Crippen LogP contribution is 2.50. The van der Waals surface area contributed by atoms with E-state index in [9.17, 15) is 27.2 Å². The molecule has 0 bridgehead atoms. The third kappa shape index (κ3) is 3.38. The summed E-state index contributed by atoms with van der Waals surface area (Å²) < 4.78 is 52.2. The Balaban J connectivity index is 1.47. The molecule has 32 heavy (non-hydrogen) atoms. The smallest absolute Gasteiger partial charge is 0.305 e. The number of fused-ring (bicyclic) bond motifs is 1. The molecule has 5 nitrogen and oxygen atoms in total. The standard InChI is InChI=1S/C22H15F4N3O2S/c23-16-2-1-3-17-18(16)13(8-11-27-17)12-28-20(31)29(19(30)21(28)9-10-21)14-4-6-15(7-5-14)32-22(24,25)26/h1-8,11H,9-10,12H2. The number of benzene rings is 2. The maximum absolute atomic E-state index is 14.5. The summed E-state index contributed by atoms with van der Waals surface area (Å²) in [7, 11) is 0. The lowest BCUT2D eigenvalue weighted by Crippen LogP contribution is -2.36. The van der Waals surface area contributed by atoms with Gasteiger partial charge in [-0.05, 0) is 72.6 Å². The number of carbonyl (C=O) groups excluding carboxylic acids is 2. The summed E-state index contributed by atoms with van der Waals surface area (Å²) in [5, 5.41) is 0.290. The van der Waals surface area contributed by atoms with Crippen molar-refractivity contribution in [2.45, 2.75) is 35.3 Å². The van der Waals surface area contributed by atoms with Gasteiger partial charge in [0.05, 0.1) is 11.2 Å². The van der Waals surface area contributed by atoms with Gasteiger partial charge in [0.25, 0.3) is 5.91 Å². The van der Waals surface area contributed by atoms with E-state index >= 15 is 0 Å². The molecule has 2 heterocycles. The van der Waals surface area contributed by atoms with Crippen molar-refractivity contribution in [3.8, 4) is 0 Å². The van der Waals surface area contributed by atoms with Crippen LogP contribution in [0.3, 0.4) is 0 Å². The average molecular weight is 461 g/mol. The molecule has 1 aliphatic carbocycles. The topological polar surface area (TPSA) is 53.5 Å². The van der Waals surface area contributed by atoms with Crippen molar-refractivity contribution in [2.75, 3.05) is 4.90 Å². The van der Waals surface area contributed by atoms with Crippen molar-refractivity contribution in [1.29, 1.82) is 0 Å². The summed E-state index contributed by atoms with van der Waals surface area (Å²) in [5.41, 5.74) is -4.26. The van der Waals surface area contributed by atoms with Crippen LogP contribution in [0.4, 0.5) is 28.0 Å². The molecule has 3 amide bonds. The van der Waals surface area contributed by atoms with Crippen molar-refractivity contribution >= 4 is 40.3 Å². The zero-order valence-corrected chi connectivity index (χ0v) is 17.2. The monoisotopic (exact) mass is 461 g/mol. The number of amides is 3. The fourth-order valence-corrected chi connectivity index (χ4v) is 4.63. The second kappa shape index (κ2) is 7.19. The van der Waals surface area contributed by atoms with E-state index in [4.69, 9.17) is 0 Å². The van der Waals surface area contributed by atoms with Gasteiger partial charge in [-0.3, -0.25) is 9.78 Å². The number of imide groups is 1. The van der Waals surface area contributed by atoms with Gasteiger partial charge in [-0.25, -0.2) is 14.1 Å². The number of hydrogen-bond donors (Lipinski definition) is 0. The summed E-state index contributed by atoms with van der Waals surface area (Å²) in [4.78, 5) is 32.9. The van der Waals surface area contributed by atoms with Crippen LogP contribution in [0.1, 0.15) is 18.4 Å². The van der Waals surface area contributed by atoms with Crippen LogP contribution in [-0.4, -0.2) is 32.9 Å². The molecule has 0 unspecified atom stereocenters. The first-order chi connectivity index (χ1) is 15.2. The third-order valence-corrected chi connectivity index (χ3v) is 6.46. The molecular weight excluding hydrogens is 446 g/mol. The van der Waals surface area contributed by atoms with Crippen LogP contribution in [-0.2, 0) is 11.3 Å². The second-order valence-corrected chi connectivity index (χ2v) is 8.83. The fourth-order valence-electron chi connectivity index (χ4n) is 4.09. The Kier molecular flexibility index (Phi) is 4.66. The summed E-state index contributed by atoms with van der Waals surface area (Å²) in [5.74, 6) is -0.888. The third-order valence-electron chi connectivity index (χ3n) is 5.72. The number of hydrogen-bond acceptors (Lipinski definition) is 4. The zero-order chi connectivity index (χ0) is 22.7. The van der Waals surface area contributed by atoms with E-state index in [1.165, 1.54) is 41.4 Å². The summed E-state index contributed by atoms with van der Waals surface area (Å²) in [6.07, 6.45) is 2.47. The highest BCUT2D eigenvalue weighted by atomic mass is 32.2. The van der Waals surface area contributed by atoms with Crippen molar-refractivity contribution < 1.29 is 27.2 Å². The van der Waals surface area contributed by atoms with Crippen LogP contribution in [0.15, 0.2) is 59.6 Å². The minimum Gasteiger partial charge on any atom is -0.305 e. The van der Waals surface area contributed by atoms with Crippen LogP contribution in [0.2, 0.25) is 0 Å². The van der Waals surface area contributed by atoms with Gasteiger partial charge in [-0.1, -0.05) is 6.07 Å². The number of halogens is 4. The Bertz CT molecular complexity index is 1240. The number of rotatable bonds is 4. The van der Waals surface area contributed by atoms with Crippen molar-refractivity contribution in [1.82, 2.24) is 9.88 Å². The molecule has 3 aromatic rings. The Morgan fingerprint density at radius 2 is 1.75 bits per heavy atom. The van der Waals surface area contributed by atoms with Gasteiger partial charge in [0.2, 0.25) is 0 Å². The van der Waals surface area contributed by atoms with Crippen LogP contribution < -0.4 is 4.90 Å². The molecular formula is C22H15F4N3O2S. The van der Waals surface area contributed by atoms with E-state index < -0.39 is 28.8 Å². The Morgan fingerprint density at radius 3 is 2.41 bits per heavy atom. The van der Waals surface area contributed by atoms with Gasteiger partial charge >= 0.3 is 11.5 Å². The number of anilines is 1. The summed E-state index contributed by atoms with van der Waals surface area (Å²) in [6, 6.07) is 10.7. The Morgan fingerprint density at radius 1 is 1.03 bits per heavy atom. The predicted octanol–water partition coefficient (Wildman–Crippen LogP) is 5.49. The summed E-state index contributed by atoms with van der Waals surface area (Å²) in [6.45, 7) is 0.0169. The molecule has 10 heteroatoms. The van der Waals surface area contributed by atoms with Gasteiger partial charge < -0.3 is 4.90 Å². The van der Waals surface area contributed by atoms with E-state index in [2.05, 4.69) is 4.98 Å². The Labute approximate surface area is 184 Å². The maximum Gasteiger partial charge on any atom is 0.446 e. The van der Waals surface area contributed by atoms with Gasteiger partial charge in [0.1, 0.15) is 11.4 Å². The number of aromatic nitrogens is 1. The van der Waals surface area contributed by atoms with Gasteiger partial charge in [0.15, 0.2) is 0 Å². The SMILES string of the molecule is O=C1N(c2ccc(SC(F)(F)F)cc2)C(=O)C2(CC2)N1Cc1ccnc2cccc(F)c12. The number of pyridine rings is 1. The normalized spacial score (nSPS) is 17.6. The van der Waals surface area contributed by atoms with Crippen molar-refractivity contribution in [2.24, 2.45) is 0 Å². The first-order valence-electron chi connectivity index (χ1n) is 9.74. The van der Waals surface area contributed by atoms with Crippen molar-refractivity contribution in [3.05, 3.63) is 66.1 Å². The Hall–Kier alpha value is -3.14. The minimum absolute atomic E-state index is 0.0169. The van der Waals surface area contributed by atoms with E-state index in [0.717, 1.165) is 4.90 Å².